The van der Waals surface area contributed by atoms with Crippen molar-refractivity contribution in [1.82, 2.24) is 0 Å². The topological polar surface area (TPSA) is 47.9 Å². The van der Waals surface area contributed by atoms with Crippen molar-refractivity contribution in [2.45, 2.75) is 19.9 Å². The number of nitrogens with one attached hydrogen (secondary N) is 3. The van der Waals surface area contributed by atoms with Crippen LogP contribution in [0.2, 0.25) is 5.02 Å². The average Bonchev–Trinajstić information content (AvgIpc) is 2.54. The SMILES string of the molecule is CCC(=N)c1cc(NCc2ccc(Cl)cc2)c(F)cc1NC. The minimum absolute atomic E-state index is 0.342. The normalized spacial score (nSPS) is 10.4. The van der Waals surface area contributed by atoms with Gasteiger partial charge in [0, 0.05) is 35.6 Å². The molecule has 0 radical (unpaired) electrons. The molecule has 0 atom stereocenters. The third-order valence-corrected chi connectivity index (χ3v) is 3.70. The molecule has 0 bridgehead atoms. The number of halogens is 2. The lowest BCUT2D eigenvalue weighted by atomic mass is 10.0. The van der Waals surface area contributed by atoms with Gasteiger partial charge in [-0.15, -0.1) is 0 Å². The van der Waals surface area contributed by atoms with Crippen molar-refractivity contribution in [2.75, 3.05) is 17.7 Å². The molecule has 0 heterocycles. The van der Waals surface area contributed by atoms with Gasteiger partial charge < -0.3 is 16.0 Å². The van der Waals surface area contributed by atoms with E-state index in [0.717, 1.165) is 5.56 Å². The van der Waals surface area contributed by atoms with E-state index in [4.69, 9.17) is 17.0 Å². The van der Waals surface area contributed by atoms with Crippen LogP contribution in [0.25, 0.3) is 0 Å². The second-order valence-electron chi connectivity index (χ2n) is 4.94. The summed E-state index contributed by atoms with van der Waals surface area (Å²) in [4.78, 5) is 0. The van der Waals surface area contributed by atoms with E-state index in [0.29, 0.717) is 40.6 Å². The second kappa shape index (κ2) is 7.27. The predicted molar refractivity (Wildman–Crippen MR) is 91.8 cm³/mol. The Morgan fingerprint density at radius 2 is 1.86 bits per heavy atom. The van der Waals surface area contributed by atoms with Crippen molar-refractivity contribution >= 4 is 28.7 Å². The highest BCUT2D eigenvalue weighted by Gasteiger charge is 2.12. The van der Waals surface area contributed by atoms with Crippen LogP contribution in [-0.4, -0.2) is 12.8 Å². The monoisotopic (exact) mass is 319 g/mol. The highest BCUT2D eigenvalue weighted by atomic mass is 35.5. The van der Waals surface area contributed by atoms with Crippen LogP contribution >= 0.6 is 11.6 Å². The van der Waals surface area contributed by atoms with Crippen LogP contribution < -0.4 is 10.6 Å². The first-order valence-corrected chi connectivity index (χ1v) is 7.50. The van der Waals surface area contributed by atoms with Crippen LogP contribution in [0.4, 0.5) is 15.8 Å². The van der Waals surface area contributed by atoms with E-state index < -0.39 is 0 Å². The van der Waals surface area contributed by atoms with Crippen LogP contribution in [0.5, 0.6) is 0 Å². The number of benzene rings is 2. The number of hydrogen-bond acceptors (Lipinski definition) is 3. The summed E-state index contributed by atoms with van der Waals surface area (Å²) in [5.74, 6) is -0.342. The molecule has 3 N–H and O–H groups in total. The molecular formula is C17H19ClFN3. The first kappa shape index (κ1) is 16.3. The fourth-order valence-corrected chi connectivity index (χ4v) is 2.28. The first-order valence-electron chi connectivity index (χ1n) is 7.12. The van der Waals surface area contributed by atoms with Crippen LogP contribution in [0, 0.1) is 11.2 Å². The molecule has 0 aliphatic heterocycles. The lowest BCUT2D eigenvalue weighted by Gasteiger charge is -2.14. The molecule has 5 heteroatoms. The van der Waals surface area contributed by atoms with E-state index >= 15 is 0 Å². The van der Waals surface area contributed by atoms with Gasteiger partial charge in [0.2, 0.25) is 0 Å². The molecular weight excluding hydrogens is 301 g/mol. The summed E-state index contributed by atoms with van der Waals surface area (Å²) in [6.07, 6.45) is 0.594. The maximum Gasteiger partial charge on any atom is 0.148 e. The van der Waals surface area contributed by atoms with Gasteiger partial charge in [-0.1, -0.05) is 30.7 Å². The zero-order valence-corrected chi connectivity index (χ0v) is 13.4. The van der Waals surface area contributed by atoms with Crippen molar-refractivity contribution in [3.8, 4) is 0 Å². The van der Waals surface area contributed by atoms with Gasteiger partial charge in [-0.05, 0) is 36.2 Å². The third-order valence-electron chi connectivity index (χ3n) is 3.45. The van der Waals surface area contributed by atoms with Gasteiger partial charge in [0.25, 0.3) is 0 Å². The quantitative estimate of drug-likeness (QED) is 0.662. The molecule has 2 aromatic rings. The first-order chi connectivity index (χ1) is 10.5. The number of hydrogen-bond donors (Lipinski definition) is 3. The Kier molecular flexibility index (Phi) is 5.39. The largest absolute Gasteiger partial charge is 0.387 e. The molecule has 22 heavy (non-hydrogen) atoms. The average molecular weight is 320 g/mol. The molecule has 0 saturated carbocycles. The predicted octanol–water partition coefficient (Wildman–Crippen LogP) is 4.91. The summed E-state index contributed by atoms with van der Waals surface area (Å²) in [7, 11) is 1.72. The summed E-state index contributed by atoms with van der Waals surface area (Å²) in [6.45, 7) is 2.40. The molecule has 3 nitrogen and oxygen atoms in total. The van der Waals surface area contributed by atoms with E-state index in [1.165, 1.54) is 6.07 Å². The summed E-state index contributed by atoms with van der Waals surface area (Å²) in [5, 5.41) is 14.7. The van der Waals surface area contributed by atoms with E-state index in [-0.39, 0.29) is 5.82 Å². The van der Waals surface area contributed by atoms with Crippen LogP contribution in [0.3, 0.4) is 0 Å². The Labute approximate surface area is 135 Å². The number of rotatable bonds is 6. The van der Waals surface area contributed by atoms with Crippen molar-refractivity contribution in [3.63, 3.8) is 0 Å². The standard InChI is InChI=1S/C17H19ClFN3/c1-3-15(20)13-8-17(14(19)9-16(13)21-2)22-10-11-4-6-12(18)7-5-11/h4-9,20-22H,3,10H2,1-2H3. The molecule has 0 unspecified atom stereocenters. The van der Waals surface area contributed by atoms with Crippen molar-refractivity contribution < 1.29 is 4.39 Å². The van der Waals surface area contributed by atoms with Crippen LogP contribution in [0.1, 0.15) is 24.5 Å². The zero-order chi connectivity index (χ0) is 16.1. The van der Waals surface area contributed by atoms with E-state index in [2.05, 4.69) is 10.6 Å². The van der Waals surface area contributed by atoms with Gasteiger partial charge >= 0.3 is 0 Å². The maximum absolute atomic E-state index is 14.2. The van der Waals surface area contributed by atoms with Gasteiger partial charge in [0.15, 0.2) is 0 Å². The zero-order valence-electron chi connectivity index (χ0n) is 12.6. The molecule has 2 rings (SSSR count). The highest BCUT2D eigenvalue weighted by Crippen LogP contribution is 2.26. The lowest BCUT2D eigenvalue weighted by Crippen LogP contribution is -2.07. The van der Waals surface area contributed by atoms with Gasteiger partial charge in [-0.3, -0.25) is 0 Å². The fraction of sp³-hybridized carbons (Fsp3) is 0.235. The van der Waals surface area contributed by atoms with Crippen molar-refractivity contribution in [2.24, 2.45) is 0 Å². The minimum Gasteiger partial charge on any atom is -0.387 e. The van der Waals surface area contributed by atoms with E-state index in [9.17, 15) is 4.39 Å². The smallest absolute Gasteiger partial charge is 0.148 e. The van der Waals surface area contributed by atoms with Gasteiger partial charge in [-0.25, -0.2) is 4.39 Å². The molecule has 0 amide bonds. The molecule has 116 valence electrons. The van der Waals surface area contributed by atoms with Gasteiger partial charge in [0.05, 0.1) is 5.69 Å². The van der Waals surface area contributed by atoms with Gasteiger partial charge in [0.1, 0.15) is 5.82 Å². The van der Waals surface area contributed by atoms with Crippen molar-refractivity contribution in [3.05, 3.63) is 58.4 Å². The summed E-state index contributed by atoms with van der Waals surface area (Å²) < 4.78 is 14.2. The highest BCUT2D eigenvalue weighted by molar-refractivity contribution is 6.30. The molecule has 2 aromatic carbocycles. The molecule has 0 aliphatic rings. The maximum atomic E-state index is 14.2. The summed E-state index contributed by atoms with van der Waals surface area (Å²) >= 11 is 5.85. The van der Waals surface area contributed by atoms with E-state index in [1.807, 2.05) is 19.1 Å². The summed E-state index contributed by atoms with van der Waals surface area (Å²) in [6, 6.07) is 10.5. The molecule has 0 spiro atoms. The number of anilines is 2. The Morgan fingerprint density at radius 3 is 2.45 bits per heavy atom. The summed E-state index contributed by atoms with van der Waals surface area (Å²) in [5.41, 5.74) is 3.21. The van der Waals surface area contributed by atoms with Gasteiger partial charge in [-0.2, -0.15) is 0 Å². The van der Waals surface area contributed by atoms with E-state index in [1.54, 1.807) is 25.2 Å². The fourth-order valence-electron chi connectivity index (χ4n) is 2.16. The van der Waals surface area contributed by atoms with Crippen molar-refractivity contribution in [1.29, 1.82) is 5.41 Å². The van der Waals surface area contributed by atoms with Crippen LogP contribution in [0.15, 0.2) is 36.4 Å². The Bertz CT molecular complexity index is 668. The molecule has 0 aromatic heterocycles. The van der Waals surface area contributed by atoms with Crippen LogP contribution in [-0.2, 0) is 6.54 Å². The Balaban J connectivity index is 2.23. The third kappa shape index (κ3) is 3.77. The lowest BCUT2D eigenvalue weighted by molar-refractivity contribution is 0.630. The Morgan fingerprint density at radius 1 is 1.18 bits per heavy atom. The second-order valence-corrected chi connectivity index (χ2v) is 5.38. The minimum atomic E-state index is -0.342. The Hall–Kier alpha value is -2.07. The molecule has 0 aliphatic carbocycles. The molecule has 0 saturated heterocycles. The molecule has 0 fully saturated rings.